The van der Waals surface area contributed by atoms with E-state index in [1.165, 1.54) is 25.6 Å². The minimum atomic E-state index is -0.529. The molecule has 7 nitrogen and oxygen atoms in total. The first-order chi connectivity index (χ1) is 15.5. The zero-order valence-electron chi connectivity index (χ0n) is 18.4. The van der Waals surface area contributed by atoms with E-state index in [1.807, 2.05) is 44.2 Å². The number of aryl methyl sites for hydroxylation is 1. The Hall–Kier alpha value is -3.52. The highest BCUT2D eigenvalue weighted by Crippen LogP contribution is 2.40. The number of esters is 1. The summed E-state index contributed by atoms with van der Waals surface area (Å²) in [6.45, 7) is 4.14. The Morgan fingerprint density at radius 2 is 1.66 bits per heavy atom. The Bertz CT molecular complexity index is 1090. The number of para-hydroxylation sites is 2. The number of thiophene rings is 1. The molecule has 168 valence electrons. The Morgan fingerprint density at radius 3 is 2.28 bits per heavy atom. The minimum absolute atomic E-state index is 0.240. The van der Waals surface area contributed by atoms with Gasteiger partial charge in [0, 0.05) is 10.4 Å². The molecule has 1 aromatic heterocycles. The third-order valence-electron chi connectivity index (χ3n) is 4.61. The molecule has 3 aromatic rings. The van der Waals surface area contributed by atoms with Gasteiger partial charge in [-0.15, -0.1) is 11.3 Å². The number of carbonyl (C=O) groups is 2. The topological polar surface area (TPSA) is 83.1 Å². The van der Waals surface area contributed by atoms with Crippen LogP contribution in [0.1, 0.15) is 22.2 Å². The molecule has 1 N–H and O–H groups in total. The van der Waals surface area contributed by atoms with Gasteiger partial charge < -0.3 is 24.3 Å². The van der Waals surface area contributed by atoms with Gasteiger partial charge in [-0.2, -0.15) is 0 Å². The van der Waals surface area contributed by atoms with Crippen LogP contribution in [0.2, 0.25) is 0 Å². The lowest BCUT2D eigenvalue weighted by Gasteiger charge is -2.11. The number of hydrogen-bond acceptors (Lipinski definition) is 7. The highest BCUT2D eigenvalue weighted by atomic mass is 32.1. The number of methoxy groups -OCH3 is 2. The summed E-state index contributed by atoms with van der Waals surface area (Å²) in [5, 5.41) is 3.19. The second-order valence-electron chi connectivity index (χ2n) is 6.67. The summed E-state index contributed by atoms with van der Waals surface area (Å²) in [5.74, 6) is 0.793. The number of benzene rings is 2. The fourth-order valence-electron chi connectivity index (χ4n) is 3.21. The van der Waals surface area contributed by atoms with Gasteiger partial charge in [-0.3, -0.25) is 4.79 Å². The molecule has 1 amide bonds. The van der Waals surface area contributed by atoms with E-state index in [2.05, 4.69) is 5.32 Å². The van der Waals surface area contributed by atoms with Gasteiger partial charge in [0.1, 0.15) is 16.3 Å². The molecule has 0 aliphatic heterocycles. The van der Waals surface area contributed by atoms with Gasteiger partial charge in [0.15, 0.2) is 18.1 Å². The lowest BCUT2D eigenvalue weighted by Crippen LogP contribution is -2.21. The quantitative estimate of drug-likeness (QED) is 0.461. The first-order valence-corrected chi connectivity index (χ1v) is 10.8. The van der Waals surface area contributed by atoms with Crippen LogP contribution >= 0.6 is 11.3 Å². The van der Waals surface area contributed by atoms with E-state index in [0.29, 0.717) is 34.2 Å². The van der Waals surface area contributed by atoms with Gasteiger partial charge in [0.2, 0.25) is 0 Å². The van der Waals surface area contributed by atoms with Crippen LogP contribution < -0.4 is 19.5 Å². The number of hydrogen-bond donors (Lipinski definition) is 1. The van der Waals surface area contributed by atoms with Crippen molar-refractivity contribution in [2.75, 3.05) is 32.8 Å². The fraction of sp³-hybridized carbons (Fsp3) is 0.250. The summed E-state index contributed by atoms with van der Waals surface area (Å²) in [4.78, 5) is 26.1. The maximum absolute atomic E-state index is 12.6. The van der Waals surface area contributed by atoms with Gasteiger partial charge in [-0.1, -0.05) is 24.3 Å². The summed E-state index contributed by atoms with van der Waals surface area (Å²) >= 11 is 1.31. The van der Waals surface area contributed by atoms with Crippen molar-refractivity contribution in [1.82, 2.24) is 0 Å². The van der Waals surface area contributed by atoms with E-state index in [4.69, 9.17) is 18.9 Å². The third kappa shape index (κ3) is 5.20. The van der Waals surface area contributed by atoms with Crippen LogP contribution in [0.15, 0.2) is 48.5 Å². The predicted molar refractivity (Wildman–Crippen MR) is 124 cm³/mol. The maximum atomic E-state index is 12.6. The minimum Gasteiger partial charge on any atom is -0.494 e. The molecular weight excluding hydrogens is 430 g/mol. The number of ether oxygens (including phenoxy) is 4. The molecule has 0 fully saturated rings. The van der Waals surface area contributed by atoms with E-state index < -0.39 is 11.9 Å². The number of amides is 1. The van der Waals surface area contributed by atoms with Crippen molar-refractivity contribution >= 4 is 28.2 Å². The van der Waals surface area contributed by atoms with Crippen molar-refractivity contribution in [2.45, 2.75) is 13.8 Å². The molecule has 0 saturated heterocycles. The molecule has 0 aliphatic rings. The highest BCUT2D eigenvalue weighted by Gasteiger charge is 2.25. The van der Waals surface area contributed by atoms with Crippen LogP contribution in [-0.4, -0.2) is 39.3 Å². The lowest BCUT2D eigenvalue weighted by molar-refractivity contribution is -0.118. The summed E-state index contributed by atoms with van der Waals surface area (Å²) in [5.41, 5.74) is 1.85. The van der Waals surface area contributed by atoms with E-state index in [9.17, 15) is 9.59 Å². The number of nitrogens with one attached hydrogen (secondary N) is 1. The van der Waals surface area contributed by atoms with Crippen LogP contribution in [0, 0.1) is 6.92 Å². The summed E-state index contributed by atoms with van der Waals surface area (Å²) < 4.78 is 21.3. The summed E-state index contributed by atoms with van der Waals surface area (Å²) in [7, 11) is 2.84. The predicted octanol–water partition coefficient (Wildman–Crippen LogP) is 4.93. The Labute approximate surface area is 190 Å². The maximum Gasteiger partial charge on any atom is 0.341 e. The van der Waals surface area contributed by atoms with Gasteiger partial charge >= 0.3 is 5.97 Å². The summed E-state index contributed by atoms with van der Waals surface area (Å²) in [6.07, 6.45) is 0. The Morgan fingerprint density at radius 1 is 0.969 bits per heavy atom. The molecule has 0 spiro atoms. The molecule has 3 rings (SSSR count). The average molecular weight is 456 g/mol. The van der Waals surface area contributed by atoms with Crippen molar-refractivity contribution in [3.05, 3.63) is 59.0 Å². The summed E-state index contributed by atoms with van der Waals surface area (Å²) in [6, 6.07) is 14.5. The van der Waals surface area contributed by atoms with Crippen molar-refractivity contribution in [2.24, 2.45) is 0 Å². The smallest absolute Gasteiger partial charge is 0.341 e. The van der Waals surface area contributed by atoms with E-state index in [-0.39, 0.29) is 6.61 Å². The molecule has 0 bridgehead atoms. The second kappa shape index (κ2) is 10.7. The Balaban J connectivity index is 1.84. The zero-order chi connectivity index (χ0) is 23.1. The van der Waals surface area contributed by atoms with Crippen molar-refractivity contribution in [3.8, 4) is 28.4 Å². The van der Waals surface area contributed by atoms with Crippen molar-refractivity contribution in [1.29, 1.82) is 0 Å². The molecule has 0 unspecified atom stereocenters. The van der Waals surface area contributed by atoms with E-state index >= 15 is 0 Å². The molecule has 8 heteroatoms. The molecule has 0 saturated carbocycles. The van der Waals surface area contributed by atoms with Crippen molar-refractivity contribution < 1.29 is 28.5 Å². The first-order valence-electron chi connectivity index (χ1n) is 9.99. The molecule has 1 heterocycles. The second-order valence-corrected chi connectivity index (χ2v) is 7.90. The molecular formula is C24H25NO6S. The number of rotatable bonds is 9. The number of anilines is 1. The molecule has 0 radical (unpaired) electrons. The van der Waals surface area contributed by atoms with Crippen LogP contribution in [-0.2, 0) is 9.53 Å². The molecule has 0 aliphatic carbocycles. The van der Waals surface area contributed by atoms with Gasteiger partial charge in [-0.05, 0) is 43.7 Å². The van der Waals surface area contributed by atoms with Crippen LogP contribution in [0.5, 0.6) is 17.2 Å². The SMILES string of the molecule is CCOc1ccc(-c2c(C)sc(NC(=O)COc3ccccc3OC)c2C(=O)OC)cc1. The zero-order valence-corrected chi connectivity index (χ0v) is 19.2. The fourth-order valence-corrected chi connectivity index (χ4v) is 4.29. The van der Waals surface area contributed by atoms with Gasteiger partial charge in [-0.25, -0.2) is 4.79 Å². The standard InChI is InChI=1S/C24H25NO6S/c1-5-30-17-12-10-16(11-13-17)21-15(2)32-23(22(21)24(27)29-4)25-20(26)14-31-19-9-7-6-8-18(19)28-3/h6-13H,5,14H2,1-4H3,(H,25,26). The monoisotopic (exact) mass is 455 g/mol. The van der Waals surface area contributed by atoms with E-state index in [1.54, 1.807) is 18.2 Å². The van der Waals surface area contributed by atoms with E-state index in [0.717, 1.165) is 16.2 Å². The number of carbonyl (C=O) groups excluding carboxylic acids is 2. The average Bonchev–Trinajstić information content (AvgIpc) is 3.13. The Kier molecular flexibility index (Phi) is 7.72. The lowest BCUT2D eigenvalue weighted by atomic mass is 10.0. The van der Waals surface area contributed by atoms with Gasteiger partial charge in [0.25, 0.3) is 5.91 Å². The van der Waals surface area contributed by atoms with Crippen LogP contribution in [0.4, 0.5) is 5.00 Å². The molecule has 2 aromatic carbocycles. The first kappa shape index (κ1) is 23.1. The van der Waals surface area contributed by atoms with Crippen LogP contribution in [0.3, 0.4) is 0 Å². The largest absolute Gasteiger partial charge is 0.494 e. The molecule has 32 heavy (non-hydrogen) atoms. The molecule has 0 atom stereocenters. The van der Waals surface area contributed by atoms with Gasteiger partial charge in [0.05, 0.1) is 20.8 Å². The van der Waals surface area contributed by atoms with Crippen molar-refractivity contribution in [3.63, 3.8) is 0 Å². The highest BCUT2D eigenvalue weighted by molar-refractivity contribution is 7.17. The normalized spacial score (nSPS) is 10.4. The van der Waals surface area contributed by atoms with Crippen LogP contribution in [0.25, 0.3) is 11.1 Å². The third-order valence-corrected chi connectivity index (χ3v) is 5.63.